The van der Waals surface area contributed by atoms with Crippen LogP contribution < -0.4 is 5.73 Å². The highest BCUT2D eigenvalue weighted by Gasteiger charge is 2.03. The zero-order valence-corrected chi connectivity index (χ0v) is 11.2. The molecule has 0 fully saturated rings. The normalized spacial score (nSPS) is 10.5. The predicted octanol–water partition coefficient (Wildman–Crippen LogP) is 4.26. The molecule has 2 N–H and O–H groups in total. The largest absolute Gasteiger partial charge is 0.398 e. The average Bonchev–Trinajstić information content (AvgIpc) is 2.30. The van der Waals surface area contributed by atoms with E-state index in [1.165, 1.54) is 0 Å². The highest BCUT2D eigenvalue weighted by atomic mass is 35.5. The number of nitrogens with two attached hydrogens (primary N) is 1. The van der Waals surface area contributed by atoms with Crippen LogP contribution in [0, 0.1) is 0 Å². The van der Waals surface area contributed by atoms with Crippen LogP contribution >= 0.6 is 35.0 Å². The third kappa shape index (κ3) is 3.53. The van der Waals surface area contributed by atoms with E-state index in [0.29, 0.717) is 15.8 Å². The Balaban J connectivity index is 2.09. The third-order valence-corrected chi connectivity index (χ3v) is 3.70. The second-order valence-corrected chi connectivity index (χ2v) is 5.33. The van der Waals surface area contributed by atoms with E-state index in [9.17, 15) is 0 Å². The number of nitrogens with zero attached hydrogens (tertiary/aromatic N) is 1. The Morgan fingerprint density at radius 3 is 2.65 bits per heavy atom. The van der Waals surface area contributed by atoms with Crippen molar-refractivity contribution in [1.82, 2.24) is 4.98 Å². The van der Waals surface area contributed by atoms with Crippen LogP contribution in [0.15, 0.2) is 41.4 Å². The van der Waals surface area contributed by atoms with Crippen LogP contribution in [0.25, 0.3) is 0 Å². The Labute approximate surface area is 114 Å². The maximum absolute atomic E-state index is 5.92. The quantitative estimate of drug-likeness (QED) is 0.676. The van der Waals surface area contributed by atoms with Crippen molar-refractivity contribution < 1.29 is 0 Å². The van der Waals surface area contributed by atoms with E-state index in [4.69, 9.17) is 28.9 Å². The number of pyridine rings is 1. The third-order valence-electron chi connectivity index (χ3n) is 2.13. The number of thioether (sulfide) groups is 1. The molecular formula is C12H10Cl2N2S. The molecule has 17 heavy (non-hydrogen) atoms. The highest BCUT2D eigenvalue weighted by Crippen LogP contribution is 2.30. The van der Waals surface area contributed by atoms with E-state index in [0.717, 1.165) is 16.3 Å². The molecule has 5 heteroatoms. The number of hydrogen-bond acceptors (Lipinski definition) is 3. The average molecular weight is 285 g/mol. The van der Waals surface area contributed by atoms with E-state index in [-0.39, 0.29) is 0 Å². The van der Waals surface area contributed by atoms with Gasteiger partial charge in [0, 0.05) is 32.6 Å². The standard InChI is InChI=1S/C12H10Cl2N2S/c13-8-1-2-11(15)12(6-8)17-7-10-5-9(14)3-4-16-10/h1-6H,7,15H2. The first-order valence-corrected chi connectivity index (χ1v) is 6.67. The lowest BCUT2D eigenvalue weighted by molar-refractivity contribution is 1.17. The van der Waals surface area contributed by atoms with Gasteiger partial charge in [0.05, 0.1) is 5.69 Å². The summed E-state index contributed by atoms with van der Waals surface area (Å²) in [5, 5.41) is 1.37. The Hall–Kier alpha value is -0.900. The number of nitrogen functional groups attached to an aromatic ring is 1. The summed E-state index contributed by atoms with van der Waals surface area (Å²) < 4.78 is 0. The van der Waals surface area contributed by atoms with Gasteiger partial charge in [0.15, 0.2) is 0 Å². The van der Waals surface area contributed by atoms with Gasteiger partial charge in [-0.05, 0) is 30.3 Å². The second kappa shape index (κ2) is 5.63. The van der Waals surface area contributed by atoms with Crippen molar-refractivity contribution in [3.63, 3.8) is 0 Å². The van der Waals surface area contributed by atoms with E-state index in [1.54, 1.807) is 36.2 Å². The van der Waals surface area contributed by atoms with Gasteiger partial charge in [0.25, 0.3) is 0 Å². The molecule has 2 nitrogen and oxygen atoms in total. The number of halogens is 2. The molecule has 0 saturated heterocycles. The van der Waals surface area contributed by atoms with Crippen LogP contribution in [-0.2, 0) is 5.75 Å². The fourth-order valence-electron chi connectivity index (χ4n) is 1.31. The zero-order chi connectivity index (χ0) is 12.3. The molecule has 1 aromatic carbocycles. The number of aromatic nitrogens is 1. The Kier molecular flexibility index (Phi) is 4.15. The topological polar surface area (TPSA) is 38.9 Å². The lowest BCUT2D eigenvalue weighted by Gasteiger charge is -2.05. The molecule has 0 aliphatic heterocycles. The Morgan fingerprint density at radius 1 is 1.12 bits per heavy atom. The summed E-state index contributed by atoms with van der Waals surface area (Å²) >= 11 is 13.4. The lowest BCUT2D eigenvalue weighted by Crippen LogP contribution is -1.90. The van der Waals surface area contributed by atoms with Gasteiger partial charge in [-0.15, -0.1) is 11.8 Å². The van der Waals surface area contributed by atoms with Gasteiger partial charge in [0.2, 0.25) is 0 Å². The molecule has 1 heterocycles. The molecule has 0 aliphatic carbocycles. The summed E-state index contributed by atoms with van der Waals surface area (Å²) in [6, 6.07) is 9.03. The second-order valence-electron chi connectivity index (χ2n) is 3.44. The first-order valence-electron chi connectivity index (χ1n) is 4.93. The van der Waals surface area contributed by atoms with Crippen molar-refractivity contribution in [1.29, 1.82) is 0 Å². The Morgan fingerprint density at radius 2 is 1.88 bits per heavy atom. The maximum Gasteiger partial charge on any atom is 0.0521 e. The lowest BCUT2D eigenvalue weighted by atomic mass is 10.3. The van der Waals surface area contributed by atoms with E-state index < -0.39 is 0 Å². The SMILES string of the molecule is Nc1ccc(Cl)cc1SCc1cc(Cl)ccn1. The first kappa shape index (κ1) is 12.6. The molecule has 0 aliphatic rings. The number of anilines is 1. The highest BCUT2D eigenvalue weighted by molar-refractivity contribution is 7.98. The van der Waals surface area contributed by atoms with Crippen LogP contribution in [0.3, 0.4) is 0 Å². The van der Waals surface area contributed by atoms with Gasteiger partial charge in [-0.2, -0.15) is 0 Å². The van der Waals surface area contributed by atoms with Crippen molar-refractivity contribution in [2.24, 2.45) is 0 Å². The van der Waals surface area contributed by atoms with Crippen molar-refractivity contribution in [3.8, 4) is 0 Å². The fourth-order valence-corrected chi connectivity index (χ4v) is 2.64. The van der Waals surface area contributed by atoms with E-state index >= 15 is 0 Å². The number of hydrogen-bond donors (Lipinski definition) is 1. The summed E-state index contributed by atoms with van der Waals surface area (Å²) in [6.07, 6.45) is 1.69. The summed E-state index contributed by atoms with van der Waals surface area (Å²) in [5.41, 5.74) is 7.50. The molecule has 2 rings (SSSR count). The van der Waals surface area contributed by atoms with Gasteiger partial charge in [-0.25, -0.2) is 0 Å². The summed E-state index contributed by atoms with van der Waals surface area (Å²) in [5.74, 6) is 0.713. The molecule has 0 saturated carbocycles. The minimum atomic E-state index is 0.681. The fraction of sp³-hybridized carbons (Fsp3) is 0.0833. The number of benzene rings is 1. The molecule has 1 aromatic heterocycles. The van der Waals surface area contributed by atoms with Gasteiger partial charge in [-0.1, -0.05) is 23.2 Å². The van der Waals surface area contributed by atoms with Crippen LogP contribution in [0.2, 0.25) is 10.0 Å². The van der Waals surface area contributed by atoms with Crippen LogP contribution in [-0.4, -0.2) is 4.98 Å². The van der Waals surface area contributed by atoms with Crippen LogP contribution in [0.5, 0.6) is 0 Å². The minimum Gasteiger partial charge on any atom is -0.398 e. The molecule has 0 spiro atoms. The molecule has 0 bridgehead atoms. The molecule has 0 atom stereocenters. The summed E-state index contributed by atoms with van der Waals surface area (Å²) in [7, 11) is 0. The van der Waals surface area contributed by atoms with Crippen molar-refractivity contribution in [2.45, 2.75) is 10.6 Å². The predicted molar refractivity (Wildman–Crippen MR) is 74.7 cm³/mol. The monoisotopic (exact) mass is 284 g/mol. The minimum absolute atomic E-state index is 0.681. The molecule has 0 radical (unpaired) electrons. The zero-order valence-electron chi connectivity index (χ0n) is 8.86. The molecular weight excluding hydrogens is 275 g/mol. The van der Waals surface area contributed by atoms with Gasteiger partial charge in [-0.3, -0.25) is 4.98 Å². The van der Waals surface area contributed by atoms with Crippen LogP contribution in [0.1, 0.15) is 5.69 Å². The van der Waals surface area contributed by atoms with Gasteiger partial charge in [0.1, 0.15) is 0 Å². The maximum atomic E-state index is 5.92. The molecule has 0 amide bonds. The van der Waals surface area contributed by atoms with Crippen molar-refractivity contribution in [2.75, 3.05) is 5.73 Å². The Bertz CT molecular complexity index is 532. The summed E-state index contributed by atoms with van der Waals surface area (Å²) in [6.45, 7) is 0. The summed E-state index contributed by atoms with van der Waals surface area (Å²) in [4.78, 5) is 5.19. The molecule has 88 valence electrons. The van der Waals surface area contributed by atoms with Crippen molar-refractivity contribution in [3.05, 3.63) is 52.3 Å². The smallest absolute Gasteiger partial charge is 0.0521 e. The van der Waals surface area contributed by atoms with Gasteiger partial charge >= 0.3 is 0 Å². The van der Waals surface area contributed by atoms with E-state index in [1.807, 2.05) is 12.1 Å². The van der Waals surface area contributed by atoms with Crippen molar-refractivity contribution >= 4 is 40.7 Å². The van der Waals surface area contributed by atoms with Gasteiger partial charge < -0.3 is 5.73 Å². The first-order chi connectivity index (χ1) is 8.15. The number of rotatable bonds is 3. The van der Waals surface area contributed by atoms with E-state index in [2.05, 4.69) is 4.98 Å². The molecule has 2 aromatic rings. The molecule has 0 unspecified atom stereocenters. The van der Waals surface area contributed by atoms with Crippen LogP contribution in [0.4, 0.5) is 5.69 Å².